The van der Waals surface area contributed by atoms with E-state index in [-0.39, 0.29) is 5.60 Å². The van der Waals surface area contributed by atoms with Crippen molar-refractivity contribution in [2.75, 3.05) is 4.43 Å². The van der Waals surface area contributed by atoms with Crippen LogP contribution in [0.15, 0.2) is 24.3 Å². The van der Waals surface area contributed by atoms with Crippen molar-refractivity contribution in [2.45, 2.75) is 37.4 Å². The van der Waals surface area contributed by atoms with Gasteiger partial charge in [-0.05, 0) is 24.0 Å². The smallest absolute Gasteiger partial charge is 0.0768 e. The second-order valence-electron chi connectivity index (χ2n) is 4.74. The zero-order valence-electron chi connectivity index (χ0n) is 8.71. The van der Waals surface area contributed by atoms with Crippen molar-refractivity contribution in [3.63, 3.8) is 0 Å². The van der Waals surface area contributed by atoms with E-state index < -0.39 is 0 Å². The van der Waals surface area contributed by atoms with E-state index in [2.05, 4.69) is 46.9 Å². The van der Waals surface area contributed by atoms with Gasteiger partial charge in [-0.25, -0.2) is 0 Å². The Morgan fingerprint density at radius 2 is 1.93 bits per heavy atom. The van der Waals surface area contributed by atoms with E-state index >= 15 is 0 Å². The van der Waals surface area contributed by atoms with Gasteiger partial charge in [0.1, 0.15) is 0 Å². The molecule has 0 radical (unpaired) electrons. The number of benzene rings is 1. The fourth-order valence-electron chi connectivity index (χ4n) is 2.92. The number of alkyl halides is 1. The molecule has 0 amide bonds. The fraction of sp³-hybridized carbons (Fsp3) is 0.538. The highest BCUT2D eigenvalue weighted by atomic mass is 127. The van der Waals surface area contributed by atoms with E-state index in [4.69, 9.17) is 4.74 Å². The van der Waals surface area contributed by atoms with Crippen LogP contribution in [-0.4, -0.2) is 16.1 Å². The summed E-state index contributed by atoms with van der Waals surface area (Å²) in [4.78, 5) is 0. The average molecular weight is 314 g/mol. The number of fused-ring (bicyclic) bond motifs is 1. The third-order valence-electron chi connectivity index (χ3n) is 3.65. The molecule has 1 unspecified atom stereocenters. The molecule has 1 aromatic rings. The van der Waals surface area contributed by atoms with Crippen LogP contribution in [-0.2, 0) is 17.6 Å². The molecule has 1 heterocycles. The summed E-state index contributed by atoms with van der Waals surface area (Å²) in [5.41, 5.74) is 3.18. The lowest BCUT2D eigenvalue weighted by molar-refractivity contribution is -0.0233. The van der Waals surface area contributed by atoms with Gasteiger partial charge in [0.2, 0.25) is 0 Å². The first-order valence-electron chi connectivity index (χ1n) is 5.62. The van der Waals surface area contributed by atoms with Gasteiger partial charge in [-0.2, -0.15) is 0 Å². The summed E-state index contributed by atoms with van der Waals surface area (Å²) in [5.74, 6) is 0. The Bertz CT molecular complexity index is 350. The molecule has 0 aromatic heterocycles. The van der Waals surface area contributed by atoms with Gasteiger partial charge < -0.3 is 4.74 Å². The third kappa shape index (κ3) is 1.72. The molecule has 15 heavy (non-hydrogen) atoms. The average Bonchev–Trinajstić information content (AvgIpc) is 2.81. The van der Waals surface area contributed by atoms with Crippen LogP contribution in [0.3, 0.4) is 0 Å². The van der Waals surface area contributed by atoms with Crippen molar-refractivity contribution in [3.8, 4) is 0 Å². The SMILES string of the molecule is ICC1CCC2(Cc3ccccc3C2)O1. The van der Waals surface area contributed by atoms with Gasteiger partial charge >= 0.3 is 0 Å². The van der Waals surface area contributed by atoms with Gasteiger partial charge in [0.15, 0.2) is 0 Å². The normalized spacial score (nSPS) is 27.1. The van der Waals surface area contributed by atoms with Gasteiger partial charge in [-0.3, -0.25) is 0 Å². The van der Waals surface area contributed by atoms with Crippen molar-refractivity contribution in [2.24, 2.45) is 0 Å². The monoisotopic (exact) mass is 314 g/mol. The Morgan fingerprint density at radius 3 is 2.47 bits per heavy atom. The molecule has 1 atom stereocenters. The molecule has 2 heteroatoms. The number of rotatable bonds is 1. The number of ether oxygens (including phenoxy) is 1. The zero-order valence-corrected chi connectivity index (χ0v) is 10.9. The molecule has 1 aliphatic heterocycles. The zero-order chi connectivity index (χ0) is 10.3. The molecule has 1 saturated heterocycles. The van der Waals surface area contributed by atoms with Crippen molar-refractivity contribution >= 4 is 22.6 Å². The number of hydrogen-bond acceptors (Lipinski definition) is 1. The maximum absolute atomic E-state index is 6.23. The second-order valence-corrected chi connectivity index (χ2v) is 5.62. The first-order valence-corrected chi connectivity index (χ1v) is 7.14. The summed E-state index contributed by atoms with van der Waals surface area (Å²) in [6, 6.07) is 8.79. The molecule has 1 nitrogen and oxygen atoms in total. The van der Waals surface area contributed by atoms with Crippen molar-refractivity contribution in [1.29, 1.82) is 0 Å². The van der Waals surface area contributed by atoms with Gasteiger partial charge in [0, 0.05) is 17.3 Å². The molecule has 1 aromatic carbocycles. The summed E-state index contributed by atoms with van der Waals surface area (Å²) in [5, 5.41) is 0. The quantitative estimate of drug-likeness (QED) is 0.572. The van der Waals surface area contributed by atoms with Crippen LogP contribution in [0.4, 0.5) is 0 Å². The first kappa shape index (κ1) is 10.1. The van der Waals surface area contributed by atoms with Crippen LogP contribution in [0.25, 0.3) is 0 Å². The standard InChI is InChI=1S/C13H15IO/c14-9-12-5-6-13(15-12)7-10-3-1-2-4-11(10)8-13/h1-4,12H,5-9H2. The predicted molar refractivity (Wildman–Crippen MR) is 69.6 cm³/mol. The van der Waals surface area contributed by atoms with Crippen LogP contribution in [0.5, 0.6) is 0 Å². The molecular formula is C13H15IO. The van der Waals surface area contributed by atoms with Crippen LogP contribution in [0.1, 0.15) is 24.0 Å². The molecule has 0 N–H and O–H groups in total. The molecule has 1 aliphatic carbocycles. The Labute approximate surface area is 104 Å². The third-order valence-corrected chi connectivity index (χ3v) is 4.64. The van der Waals surface area contributed by atoms with Crippen molar-refractivity contribution < 1.29 is 4.74 Å². The van der Waals surface area contributed by atoms with E-state index in [1.807, 2.05) is 0 Å². The van der Waals surface area contributed by atoms with E-state index in [1.165, 1.54) is 24.0 Å². The van der Waals surface area contributed by atoms with Crippen LogP contribution >= 0.6 is 22.6 Å². The highest BCUT2D eigenvalue weighted by Gasteiger charge is 2.43. The Morgan fingerprint density at radius 1 is 1.27 bits per heavy atom. The van der Waals surface area contributed by atoms with Crippen molar-refractivity contribution in [3.05, 3.63) is 35.4 Å². The first-order chi connectivity index (χ1) is 7.31. The molecule has 3 rings (SSSR count). The van der Waals surface area contributed by atoms with Crippen LogP contribution in [0.2, 0.25) is 0 Å². The van der Waals surface area contributed by atoms with E-state index in [0.29, 0.717) is 6.10 Å². The second kappa shape index (κ2) is 3.74. The molecule has 1 fully saturated rings. The largest absolute Gasteiger partial charge is 0.370 e. The lowest BCUT2D eigenvalue weighted by Crippen LogP contribution is -2.30. The Balaban J connectivity index is 1.84. The molecule has 1 spiro atoms. The minimum atomic E-state index is 0.166. The summed E-state index contributed by atoms with van der Waals surface area (Å²) in [7, 11) is 0. The lowest BCUT2D eigenvalue weighted by Gasteiger charge is -2.23. The fourth-order valence-corrected chi connectivity index (χ4v) is 3.54. The van der Waals surface area contributed by atoms with Gasteiger partial charge in [-0.1, -0.05) is 46.9 Å². The number of hydrogen-bond donors (Lipinski definition) is 0. The maximum atomic E-state index is 6.23. The van der Waals surface area contributed by atoms with Gasteiger partial charge in [-0.15, -0.1) is 0 Å². The summed E-state index contributed by atoms with van der Waals surface area (Å²) >= 11 is 2.43. The lowest BCUT2D eigenvalue weighted by atomic mass is 9.96. The molecule has 80 valence electrons. The minimum Gasteiger partial charge on any atom is -0.370 e. The molecule has 0 saturated carbocycles. The topological polar surface area (TPSA) is 9.23 Å². The van der Waals surface area contributed by atoms with Crippen LogP contribution < -0.4 is 0 Å². The summed E-state index contributed by atoms with van der Waals surface area (Å²) in [6.07, 6.45) is 5.26. The highest BCUT2D eigenvalue weighted by molar-refractivity contribution is 14.1. The Kier molecular flexibility index (Phi) is 2.51. The summed E-state index contributed by atoms with van der Waals surface area (Å²) in [6.45, 7) is 0. The van der Waals surface area contributed by atoms with Crippen molar-refractivity contribution in [1.82, 2.24) is 0 Å². The number of halogens is 1. The molecular weight excluding hydrogens is 299 g/mol. The van der Waals surface area contributed by atoms with Gasteiger partial charge in [0.05, 0.1) is 11.7 Å². The van der Waals surface area contributed by atoms with E-state index in [0.717, 1.165) is 17.3 Å². The Hall–Kier alpha value is -0.0900. The molecule has 0 bridgehead atoms. The predicted octanol–water partition coefficient (Wildman–Crippen LogP) is 3.14. The highest BCUT2D eigenvalue weighted by Crippen LogP contribution is 2.42. The molecule has 2 aliphatic rings. The van der Waals surface area contributed by atoms with Crippen LogP contribution in [0, 0.1) is 0 Å². The summed E-state index contributed by atoms with van der Waals surface area (Å²) < 4.78 is 7.37. The van der Waals surface area contributed by atoms with E-state index in [9.17, 15) is 0 Å². The maximum Gasteiger partial charge on any atom is 0.0768 e. The minimum absolute atomic E-state index is 0.166. The van der Waals surface area contributed by atoms with Gasteiger partial charge in [0.25, 0.3) is 0 Å². The van der Waals surface area contributed by atoms with E-state index in [1.54, 1.807) is 0 Å².